The van der Waals surface area contributed by atoms with Gasteiger partial charge < -0.3 is 5.11 Å². The molecule has 0 radical (unpaired) electrons. The Morgan fingerprint density at radius 3 is 1.76 bits per heavy atom. The molecule has 6 heteroatoms. The summed E-state index contributed by atoms with van der Waals surface area (Å²) in [5.41, 5.74) is 1.15. The molecule has 0 saturated carbocycles. The Morgan fingerprint density at radius 2 is 1.33 bits per heavy atom. The van der Waals surface area contributed by atoms with E-state index in [0.717, 1.165) is 0 Å². The third kappa shape index (κ3) is 6.80. The van der Waals surface area contributed by atoms with Crippen LogP contribution >= 0.6 is 0 Å². The van der Waals surface area contributed by atoms with E-state index in [0.29, 0.717) is 17.4 Å². The summed E-state index contributed by atoms with van der Waals surface area (Å²) in [7, 11) is -3.67. The van der Waals surface area contributed by atoms with E-state index < -0.39 is 16.2 Å². The number of carbonyl (C=O) groups excluding carboxylic acids is 1. The lowest BCUT2D eigenvalue weighted by Crippen LogP contribution is -2.11. The van der Waals surface area contributed by atoms with Crippen molar-refractivity contribution in [2.45, 2.75) is 6.10 Å². The van der Waals surface area contributed by atoms with Crippen LogP contribution in [0.4, 0.5) is 0 Å². The van der Waals surface area contributed by atoms with E-state index in [1.807, 2.05) is 12.1 Å². The SMILES string of the molecule is CS(=O)(=O)O.O=C(c1ccccc1)C(O)c1ccccc1. The van der Waals surface area contributed by atoms with Gasteiger partial charge in [-0.1, -0.05) is 60.7 Å². The minimum Gasteiger partial charge on any atom is -0.380 e. The second-order valence-electron chi connectivity index (χ2n) is 4.28. The third-order valence-electron chi connectivity index (χ3n) is 2.42. The smallest absolute Gasteiger partial charge is 0.261 e. The summed E-state index contributed by atoms with van der Waals surface area (Å²) >= 11 is 0. The van der Waals surface area contributed by atoms with Gasteiger partial charge in [-0.15, -0.1) is 0 Å². The van der Waals surface area contributed by atoms with E-state index in [2.05, 4.69) is 0 Å². The first kappa shape index (κ1) is 17.0. The maximum Gasteiger partial charge on any atom is 0.261 e. The molecule has 0 aliphatic carbocycles. The Morgan fingerprint density at radius 1 is 0.952 bits per heavy atom. The first-order valence-electron chi connectivity index (χ1n) is 6.04. The van der Waals surface area contributed by atoms with Gasteiger partial charge in [-0.3, -0.25) is 9.35 Å². The molecule has 0 heterocycles. The fourth-order valence-electron chi connectivity index (χ4n) is 1.55. The monoisotopic (exact) mass is 308 g/mol. The van der Waals surface area contributed by atoms with Gasteiger partial charge in [-0.2, -0.15) is 8.42 Å². The quantitative estimate of drug-likeness (QED) is 0.669. The zero-order valence-electron chi connectivity index (χ0n) is 11.4. The standard InChI is InChI=1S/C14H12O2.CH4O3S/c15-13(11-7-3-1-4-8-11)14(16)12-9-5-2-6-10-12;1-5(2,3)4/h1-10,13,15H;1H3,(H,2,3,4). The first-order valence-corrected chi connectivity index (χ1v) is 7.88. The summed E-state index contributed by atoms with van der Waals surface area (Å²) in [5, 5.41) is 9.89. The summed E-state index contributed by atoms with van der Waals surface area (Å²) in [4.78, 5) is 11.9. The summed E-state index contributed by atoms with van der Waals surface area (Å²) in [6.45, 7) is 0. The van der Waals surface area contributed by atoms with Gasteiger partial charge >= 0.3 is 0 Å². The highest BCUT2D eigenvalue weighted by atomic mass is 32.2. The number of carbonyl (C=O) groups is 1. The molecule has 0 saturated heterocycles. The number of hydrogen-bond acceptors (Lipinski definition) is 4. The molecule has 0 aliphatic heterocycles. The van der Waals surface area contributed by atoms with Crippen LogP contribution < -0.4 is 0 Å². The lowest BCUT2D eigenvalue weighted by molar-refractivity contribution is 0.0747. The van der Waals surface area contributed by atoms with E-state index in [9.17, 15) is 18.3 Å². The summed E-state index contributed by atoms with van der Waals surface area (Å²) in [6.07, 6.45) is -0.365. The topological polar surface area (TPSA) is 91.7 Å². The molecule has 0 spiro atoms. The fourth-order valence-corrected chi connectivity index (χ4v) is 1.55. The molecular weight excluding hydrogens is 292 g/mol. The molecule has 2 N–H and O–H groups in total. The van der Waals surface area contributed by atoms with E-state index >= 15 is 0 Å². The minimum atomic E-state index is -3.67. The van der Waals surface area contributed by atoms with Gasteiger partial charge in [0.05, 0.1) is 6.26 Å². The van der Waals surface area contributed by atoms with Crippen molar-refractivity contribution in [3.63, 3.8) is 0 Å². The Hall–Kier alpha value is -2.02. The van der Waals surface area contributed by atoms with Gasteiger partial charge in [0.25, 0.3) is 10.1 Å². The Balaban J connectivity index is 0.000000383. The number of ketones is 1. The highest BCUT2D eigenvalue weighted by molar-refractivity contribution is 7.85. The van der Waals surface area contributed by atoms with Gasteiger partial charge in [0.2, 0.25) is 0 Å². The van der Waals surface area contributed by atoms with Gasteiger partial charge in [-0.25, -0.2) is 0 Å². The van der Waals surface area contributed by atoms with Crippen LogP contribution in [0.3, 0.4) is 0 Å². The number of rotatable bonds is 3. The zero-order valence-corrected chi connectivity index (χ0v) is 12.2. The van der Waals surface area contributed by atoms with Crippen molar-refractivity contribution < 1.29 is 22.9 Å². The molecule has 0 aromatic heterocycles. The average Bonchev–Trinajstić information content (AvgIpc) is 2.46. The number of aliphatic hydroxyl groups excluding tert-OH is 1. The third-order valence-corrected chi connectivity index (χ3v) is 2.42. The first-order chi connectivity index (χ1) is 9.79. The largest absolute Gasteiger partial charge is 0.380 e. The maximum absolute atomic E-state index is 11.9. The maximum atomic E-state index is 11.9. The van der Waals surface area contributed by atoms with Crippen molar-refractivity contribution >= 4 is 15.9 Å². The molecule has 112 valence electrons. The number of benzene rings is 2. The van der Waals surface area contributed by atoms with Crippen LogP contribution in [0.1, 0.15) is 22.0 Å². The van der Waals surface area contributed by atoms with Crippen molar-refractivity contribution in [1.29, 1.82) is 0 Å². The molecule has 21 heavy (non-hydrogen) atoms. The van der Waals surface area contributed by atoms with Crippen LogP contribution in [0, 0.1) is 0 Å². The predicted molar refractivity (Wildman–Crippen MR) is 79.6 cm³/mol. The molecule has 1 unspecified atom stereocenters. The second kappa shape index (κ2) is 7.68. The van der Waals surface area contributed by atoms with E-state index in [4.69, 9.17) is 4.55 Å². The fraction of sp³-hybridized carbons (Fsp3) is 0.133. The highest BCUT2D eigenvalue weighted by Gasteiger charge is 2.18. The molecule has 2 rings (SSSR count). The van der Waals surface area contributed by atoms with Gasteiger partial charge in [0.1, 0.15) is 6.10 Å². The van der Waals surface area contributed by atoms with E-state index in [1.165, 1.54) is 0 Å². The number of hydrogen-bond donors (Lipinski definition) is 2. The zero-order chi connectivity index (χ0) is 15.9. The minimum absolute atomic E-state index is 0.271. The Bertz CT molecular complexity index is 658. The van der Waals surface area contributed by atoms with Crippen LogP contribution in [0.5, 0.6) is 0 Å². The molecule has 0 amide bonds. The normalized spacial score (nSPS) is 12.0. The molecule has 2 aromatic carbocycles. The van der Waals surface area contributed by atoms with Crippen molar-refractivity contribution in [2.75, 3.05) is 6.26 Å². The lowest BCUT2D eigenvalue weighted by atomic mass is 10.0. The van der Waals surface area contributed by atoms with Crippen molar-refractivity contribution in [1.82, 2.24) is 0 Å². The van der Waals surface area contributed by atoms with E-state index in [1.54, 1.807) is 48.5 Å². The summed E-state index contributed by atoms with van der Waals surface area (Å²) in [5.74, 6) is -0.271. The Labute approximate surface area is 123 Å². The number of aliphatic hydroxyl groups is 1. The van der Waals surface area contributed by atoms with Crippen molar-refractivity contribution in [2.24, 2.45) is 0 Å². The molecule has 0 bridgehead atoms. The summed E-state index contributed by atoms with van der Waals surface area (Å²) in [6, 6.07) is 17.7. The summed E-state index contributed by atoms with van der Waals surface area (Å²) < 4.78 is 25.9. The molecule has 2 aromatic rings. The van der Waals surface area contributed by atoms with E-state index in [-0.39, 0.29) is 5.78 Å². The van der Waals surface area contributed by atoms with Crippen molar-refractivity contribution in [3.05, 3.63) is 71.8 Å². The highest BCUT2D eigenvalue weighted by Crippen LogP contribution is 2.17. The molecular formula is C15H16O5S. The average molecular weight is 308 g/mol. The van der Waals surface area contributed by atoms with Gasteiger partial charge in [0, 0.05) is 5.56 Å². The molecule has 1 atom stereocenters. The predicted octanol–water partition coefficient (Wildman–Crippen LogP) is 2.11. The van der Waals surface area contributed by atoms with Gasteiger partial charge in [0.15, 0.2) is 5.78 Å². The van der Waals surface area contributed by atoms with Crippen LogP contribution in [0.15, 0.2) is 60.7 Å². The molecule has 0 aliphatic rings. The number of Topliss-reactive ketones (excluding diaryl/α,β-unsaturated/α-hetero) is 1. The van der Waals surface area contributed by atoms with Crippen molar-refractivity contribution in [3.8, 4) is 0 Å². The van der Waals surface area contributed by atoms with Gasteiger partial charge in [-0.05, 0) is 5.56 Å². The second-order valence-corrected chi connectivity index (χ2v) is 5.74. The van der Waals surface area contributed by atoms with Crippen LogP contribution in [0.25, 0.3) is 0 Å². The van der Waals surface area contributed by atoms with Crippen LogP contribution in [0.2, 0.25) is 0 Å². The van der Waals surface area contributed by atoms with Crippen LogP contribution in [-0.2, 0) is 10.1 Å². The lowest BCUT2D eigenvalue weighted by Gasteiger charge is -2.09. The Kier molecular flexibility index (Phi) is 6.23. The molecule has 0 fully saturated rings. The molecule has 5 nitrogen and oxygen atoms in total. The van der Waals surface area contributed by atoms with Crippen LogP contribution in [-0.4, -0.2) is 30.1 Å².